The minimum Gasteiger partial charge on any atom is -0.506 e. The van der Waals surface area contributed by atoms with Gasteiger partial charge in [0.15, 0.2) is 0 Å². The number of nitrogens with one attached hydrogen (secondary N) is 3. The summed E-state index contributed by atoms with van der Waals surface area (Å²) in [5, 5.41) is 21.4. The highest BCUT2D eigenvalue weighted by atomic mass is 19.1. The lowest BCUT2D eigenvalue weighted by molar-refractivity contribution is 0.474. The highest BCUT2D eigenvalue weighted by molar-refractivity contribution is 6.16. The van der Waals surface area contributed by atoms with E-state index in [2.05, 4.69) is 20.3 Å². The molecule has 0 aliphatic carbocycles. The number of benzene rings is 1. The van der Waals surface area contributed by atoms with E-state index in [1.807, 2.05) is 0 Å². The van der Waals surface area contributed by atoms with E-state index in [1.165, 1.54) is 12.4 Å². The molecule has 0 aliphatic rings. The summed E-state index contributed by atoms with van der Waals surface area (Å²) in [5.41, 5.74) is 6.92. The third-order valence-corrected chi connectivity index (χ3v) is 3.31. The molecule has 0 aliphatic heterocycles. The maximum absolute atomic E-state index is 13.3. The lowest BCUT2D eigenvalue weighted by atomic mass is 10.1. The third kappa shape index (κ3) is 2.10. The molecule has 0 radical (unpaired) electrons. The maximum Gasteiger partial charge on any atom is 0.142 e. The predicted molar refractivity (Wildman–Crippen MR) is 81.8 cm³/mol. The van der Waals surface area contributed by atoms with Crippen molar-refractivity contribution in [1.82, 2.24) is 15.0 Å². The van der Waals surface area contributed by atoms with Gasteiger partial charge in [0.25, 0.3) is 0 Å². The molecule has 0 saturated carbocycles. The van der Waals surface area contributed by atoms with Crippen LogP contribution in [0.3, 0.4) is 0 Å². The predicted octanol–water partition coefficient (Wildman–Crippen LogP) is 1.84. The molecule has 3 aromatic rings. The van der Waals surface area contributed by atoms with E-state index in [4.69, 9.17) is 11.1 Å². The molecule has 3 rings (SSSR count). The van der Waals surface area contributed by atoms with Crippen molar-refractivity contribution in [1.29, 1.82) is 5.41 Å². The topological polar surface area (TPSA) is 124 Å². The number of aromatic nitrogens is 3. The molecule has 6 N–H and O–H groups in total. The van der Waals surface area contributed by atoms with Gasteiger partial charge >= 0.3 is 0 Å². The number of phenols is 1. The van der Waals surface area contributed by atoms with Gasteiger partial charge in [-0.2, -0.15) is 0 Å². The molecule has 2 heterocycles. The Morgan fingerprint density at radius 3 is 2.86 bits per heavy atom. The zero-order valence-corrected chi connectivity index (χ0v) is 11.6. The van der Waals surface area contributed by atoms with Gasteiger partial charge in [-0.15, -0.1) is 0 Å². The minimum atomic E-state index is -0.555. The average molecular weight is 300 g/mol. The molecule has 0 unspecified atom stereocenters. The molecule has 0 spiro atoms. The van der Waals surface area contributed by atoms with E-state index in [9.17, 15) is 9.50 Å². The van der Waals surface area contributed by atoms with Gasteiger partial charge in [-0.25, -0.2) is 14.4 Å². The zero-order valence-electron chi connectivity index (χ0n) is 11.6. The van der Waals surface area contributed by atoms with Gasteiger partial charge in [0.05, 0.1) is 22.5 Å². The number of phenolic OH excluding ortho intramolecular Hbond substituents is 1. The Morgan fingerprint density at radius 2 is 2.14 bits per heavy atom. The fourth-order valence-electron chi connectivity index (χ4n) is 2.29. The Bertz CT molecular complexity index is 888. The number of hydrogen-bond donors (Lipinski definition) is 5. The van der Waals surface area contributed by atoms with Crippen molar-refractivity contribution in [3.63, 3.8) is 0 Å². The van der Waals surface area contributed by atoms with E-state index in [1.54, 1.807) is 13.1 Å². The van der Waals surface area contributed by atoms with Crippen molar-refractivity contribution < 1.29 is 9.50 Å². The number of nitrogens with two attached hydrogens (primary N) is 1. The Hall–Kier alpha value is -3.16. The molecule has 0 saturated heterocycles. The summed E-state index contributed by atoms with van der Waals surface area (Å²) in [7, 11) is 1.66. The van der Waals surface area contributed by atoms with Crippen LogP contribution < -0.4 is 11.1 Å². The zero-order chi connectivity index (χ0) is 15.9. The number of H-pyrrole nitrogens is 1. The smallest absolute Gasteiger partial charge is 0.142 e. The fourth-order valence-corrected chi connectivity index (χ4v) is 2.29. The third-order valence-electron chi connectivity index (χ3n) is 3.31. The first-order valence-corrected chi connectivity index (χ1v) is 6.40. The highest BCUT2D eigenvalue weighted by Crippen LogP contribution is 2.28. The van der Waals surface area contributed by atoms with Crippen LogP contribution >= 0.6 is 0 Å². The second-order valence-electron chi connectivity index (χ2n) is 4.68. The molecule has 0 atom stereocenters. The highest BCUT2D eigenvalue weighted by Gasteiger charge is 2.18. The van der Waals surface area contributed by atoms with Gasteiger partial charge in [0.1, 0.15) is 29.5 Å². The van der Waals surface area contributed by atoms with Crippen LogP contribution in [0, 0.1) is 11.2 Å². The van der Waals surface area contributed by atoms with Gasteiger partial charge in [-0.1, -0.05) is 0 Å². The number of nitrogen functional groups attached to an aromatic ring is 1. The molecular weight excluding hydrogens is 287 g/mol. The first kappa shape index (κ1) is 13.8. The summed E-state index contributed by atoms with van der Waals surface area (Å²) in [4.78, 5) is 10.8. The number of nitrogens with zero attached hydrogens (tertiary/aromatic N) is 2. The lowest BCUT2D eigenvalue weighted by Crippen LogP contribution is -2.12. The lowest BCUT2D eigenvalue weighted by Gasteiger charge is -2.09. The Kier molecular flexibility index (Phi) is 3.13. The SMILES string of the molecule is CNc1ncnc(N)c1C(=N)c1cc2cc(F)cc(O)c2[nH]1. The van der Waals surface area contributed by atoms with E-state index in [0.29, 0.717) is 28.0 Å². The molecule has 0 amide bonds. The minimum absolute atomic E-state index is 0.0402. The van der Waals surface area contributed by atoms with Crippen LogP contribution in [0.1, 0.15) is 11.3 Å². The fraction of sp³-hybridized carbons (Fsp3) is 0.0714. The summed E-state index contributed by atoms with van der Waals surface area (Å²) in [6.07, 6.45) is 1.30. The van der Waals surface area contributed by atoms with Gasteiger partial charge in [-0.3, -0.25) is 5.41 Å². The number of hydrogen-bond acceptors (Lipinski definition) is 6. The largest absolute Gasteiger partial charge is 0.506 e. The summed E-state index contributed by atoms with van der Waals surface area (Å²) in [6.45, 7) is 0. The van der Waals surface area contributed by atoms with E-state index in [0.717, 1.165) is 6.07 Å². The summed E-state index contributed by atoms with van der Waals surface area (Å²) in [6, 6.07) is 3.84. The number of fused-ring (bicyclic) bond motifs is 1. The molecule has 8 heteroatoms. The van der Waals surface area contributed by atoms with Crippen molar-refractivity contribution in [3.8, 4) is 5.75 Å². The molecule has 112 valence electrons. The quantitative estimate of drug-likeness (QED) is 0.472. The van der Waals surface area contributed by atoms with Gasteiger partial charge < -0.3 is 21.1 Å². The van der Waals surface area contributed by atoms with Crippen LogP contribution in [-0.2, 0) is 0 Å². The van der Waals surface area contributed by atoms with Crippen LogP contribution in [0.5, 0.6) is 5.75 Å². The number of aromatic hydroxyl groups is 1. The van der Waals surface area contributed by atoms with Crippen molar-refractivity contribution in [3.05, 3.63) is 41.6 Å². The van der Waals surface area contributed by atoms with Crippen molar-refractivity contribution >= 4 is 28.3 Å². The first-order valence-electron chi connectivity index (χ1n) is 6.40. The average Bonchev–Trinajstić information content (AvgIpc) is 2.90. The van der Waals surface area contributed by atoms with Crippen molar-refractivity contribution in [2.75, 3.05) is 18.1 Å². The molecule has 2 aromatic heterocycles. The van der Waals surface area contributed by atoms with Crippen molar-refractivity contribution in [2.45, 2.75) is 0 Å². The van der Waals surface area contributed by atoms with Crippen molar-refractivity contribution in [2.24, 2.45) is 0 Å². The first-order chi connectivity index (χ1) is 10.5. The van der Waals surface area contributed by atoms with Crippen LogP contribution in [0.4, 0.5) is 16.0 Å². The van der Waals surface area contributed by atoms with Gasteiger partial charge in [0, 0.05) is 18.5 Å². The molecular formula is C14H13FN6O. The van der Waals surface area contributed by atoms with Crippen LogP contribution in [-0.4, -0.2) is 32.8 Å². The van der Waals surface area contributed by atoms with Crippen LogP contribution in [0.25, 0.3) is 10.9 Å². The Labute approximate surface area is 124 Å². The summed E-state index contributed by atoms with van der Waals surface area (Å²) >= 11 is 0. The van der Waals surface area contributed by atoms with Gasteiger partial charge in [0.2, 0.25) is 0 Å². The molecule has 22 heavy (non-hydrogen) atoms. The molecule has 7 nitrogen and oxygen atoms in total. The van der Waals surface area contributed by atoms with Crippen LogP contribution in [0.2, 0.25) is 0 Å². The van der Waals surface area contributed by atoms with Crippen LogP contribution in [0.15, 0.2) is 24.5 Å². The number of aromatic amines is 1. The number of rotatable bonds is 3. The second-order valence-corrected chi connectivity index (χ2v) is 4.68. The Balaban J connectivity index is 2.16. The molecule has 0 bridgehead atoms. The number of halogens is 1. The monoisotopic (exact) mass is 300 g/mol. The summed E-state index contributed by atoms with van der Waals surface area (Å²) in [5.74, 6) is -0.217. The van der Waals surface area contributed by atoms with E-state index >= 15 is 0 Å². The second kappa shape index (κ2) is 4.99. The summed E-state index contributed by atoms with van der Waals surface area (Å²) < 4.78 is 13.3. The normalized spacial score (nSPS) is 10.8. The van der Waals surface area contributed by atoms with E-state index < -0.39 is 5.82 Å². The maximum atomic E-state index is 13.3. The van der Waals surface area contributed by atoms with Gasteiger partial charge in [-0.05, 0) is 12.1 Å². The number of anilines is 2. The molecule has 1 aromatic carbocycles. The standard InChI is InChI=1S/C14H13FN6O/c1-18-14-10(13(17)19-5-20-14)11(16)8-3-6-2-7(15)4-9(22)12(6)21-8/h2-5,16,21-22H,1H3,(H3,17,18,19,20). The van der Waals surface area contributed by atoms with E-state index in [-0.39, 0.29) is 17.3 Å². The molecule has 0 fully saturated rings. The Morgan fingerprint density at radius 1 is 1.36 bits per heavy atom.